The maximum Gasteiger partial charge on any atom is 0.224 e. The Balaban J connectivity index is 1.72. The molecule has 0 radical (unpaired) electrons. The third-order valence-corrected chi connectivity index (χ3v) is 4.16. The van der Waals surface area contributed by atoms with Crippen molar-refractivity contribution in [1.82, 2.24) is 9.88 Å². The zero-order valence-corrected chi connectivity index (χ0v) is 14.3. The summed E-state index contributed by atoms with van der Waals surface area (Å²) in [6.07, 6.45) is 4.84. The Hall–Kier alpha value is -2.07. The molecule has 2 rings (SSSR count). The molecular weight excluding hydrogens is 310 g/mol. The van der Waals surface area contributed by atoms with E-state index < -0.39 is 0 Å². The molecule has 1 amide bonds. The average Bonchev–Trinajstić information content (AvgIpc) is 2.56. The van der Waals surface area contributed by atoms with Gasteiger partial charge < -0.3 is 10.2 Å². The SMILES string of the molecule is Cc1ccc(NCCC(=O)N(C)CCc2ccncc2)cc1Cl. The topological polar surface area (TPSA) is 45.2 Å². The molecule has 0 aliphatic rings. The van der Waals surface area contributed by atoms with Crippen molar-refractivity contribution in [2.45, 2.75) is 19.8 Å². The van der Waals surface area contributed by atoms with Gasteiger partial charge in [0.1, 0.15) is 0 Å². The van der Waals surface area contributed by atoms with Crippen molar-refractivity contribution in [1.29, 1.82) is 0 Å². The number of pyridine rings is 1. The van der Waals surface area contributed by atoms with E-state index in [1.54, 1.807) is 17.3 Å². The van der Waals surface area contributed by atoms with Crippen LogP contribution in [0.4, 0.5) is 5.69 Å². The molecule has 0 aliphatic carbocycles. The van der Waals surface area contributed by atoms with Crippen molar-refractivity contribution in [3.63, 3.8) is 0 Å². The van der Waals surface area contributed by atoms with Crippen LogP contribution < -0.4 is 5.32 Å². The molecule has 2 aromatic rings. The number of aryl methyl sites for hydroxylation is 1. The van der Waals surface area contributed by atoms with Crippen LogP contribution in [0, 0.1) is 6.92 Å². The molecule has 1 heterocycles. The van der Waals surface area contributed by atoms with Gasteiger partial charge in [0.15, 0.2) is 0 Å². The second-order valence-electron chi connectivity index (χ2n) is 5.56. The zero-order valence-electron chi connectivity index (χ0n) is 13.6. The van der Waals surface area contributed by atoms with E-state index in [1.165, 1.54) is 5.56 Å². The van der Waals surface area contributed by atoms with Crippen LogP contribution in [0.3, 0.4) is 0 Å². The van der Waals surface area contributed by atoms with Gasteiger partial charge in [-0.25, -0.2) is 0 Å². The molecule has 0 spiro atoms. The lowest BCUT2D eigenvalue weighted by molar-refractivity contribution is -0.129. The van der Waals surface area contributed by atoms with E-state index in [4.69, 9.17) is 11.6 Å². The third-order valence-electron chi connectivity index (χ3n) is 3.75. The van der Waals surface area contributed by atoms with E-state index in [0.717, 1.165) is 22.7 Å². The molecule has 5 heteroatoms. The number of hydrogen-bond donors (Lipinski definition) is 1. The number of nitrogens with one attached hydrogen (secondary N) is 1. The fourth-order valence-corrected chi connectivity index (χ4v) is 2.36. The Morgan fingerprint density at radius 1 is 1.26 bits per heavy atom. The number of anilines is 1. The number of benzene rings is 1. The molecule has 23 heavy (non-hydrogen) atoms. The standard InChI is InChI=1S/C18H22ClN3O/c1-14-3-4-16(13-17(14)19)21-11-7-18(23)22(2)12-8-15-5-9-20-10-6-15/h3-6,9-10,13,21H,7-8,11-12H2,1-2H3. The lowest BCUT2D eigenvalue weighted by Crippen LogP contribution is -2.30. The van der Waals surface area contributed by atoms with E-state index in [1.807, 2.05) is 44.3 Å². The van der Waals surface area contributed by atoms with Crippen LogP contribution >= 0.6 is 11.6 Å². The highest BCUT2D eigenvalue weighted by molar-refractivity contribution is 6.31. The molecule has 0 unspecified atom stereocenters. The summed E-state index contributed by atoms with van der Waals surface area (Å²) in [4.78, 5) is 17.9. The largest absolute Gasteiger partial charge is 0.384 e. The number of carbonyl (C=O) groups is 1. The lowest BCUT2D eigenvalue weighted by Gasteiger charge is -2.17. The van der Waals surface area contributed by atoms with Gasteiger partial charge in [-0.2, -0.15) is 0 Å². The van der Waals surface area contributed by atoms with Gasteiger partial charge in [-0.3, -0.25) is 9.78 Å². The first-order chi connectivity index (χ1) is 11.1. The number of carbonyl (C=O) groups excluding carboxylic acids is 1. The summed E-state index contributed by atoms with van der Waals surface area (Å²) in [6, 6.07) is 9.77. The van der Waals surface area contributed by atoms with Crippen LogP contribution in [0.1, 0.15) is 17.5 Å². The number of hydrogen-bond acceptors (Lipinski definition) is 3. The molecule has 0 aliphatic heterocycles. The van der Waals surface area contributed by atoms with Crippen molar-refractivity contribution in [2.75, 3.05) is 25.5 Å². The van der Waals surface area contributed by atoms with Crippen molar-refractivity contribution >= 4 is 23.2 Å². The van der Waals surface area contributed by atoms with Crippen LogP contribution in [-0.4, -0.2) is 35.9 Å². The Labute approximate surface area is 142 Å². The molecule has 1 N–H and O–H groups in total. The average molecular weight is 332 g/mol. The van der Waals surface area contributed by atoms with Crippen LogP contribution in [0.5, 0.6) is 0 Å². The number of aromatic nitrogens is 1. The highest BCUT2D eigenvalue weighted by Gasteiger charge is 2.08. The van der Waals surface area contributed by atoms with Crippen LogP contribution in [-0.2, 0) is 11.2 Å². The number of nitrogens with zero attached hydrogens (tertiary/aromatic N) is 2. The second-order valence-corrected chi connectivity index (χ2v) is 5.97. The Kier molecular flexibility index (Phi) is 6.41. The van der Waals surface area contributed by atoms with E-state index in [-0.39, 0.29) is 5.91 Å². The molecule has 122 valence electrons. The summed E-state index contributed by atoms with van der Waals surface area (Å²) in [5.74, 6) is 0.129. The highest BCUT2D eigenvalue weighted by Crippen LogP contribution is 2.19. The Morgan fingerprint density at radius 2 is 2.00 bits per heavy atom. The first kappa shape index (κ1) is 17.3. The van der Waals surface area contributed by atoms with Crippen LogP contribution in [0.25, 0.3) is 0 Å². The number of likely N-dealkylation sites (N-methyl/N-ethyl adjacent to an activating group) is 1. The van der Waals surface area contributed by atoms with Gasteiger partial charge in [0.2, 0.25) is 5.91 Å². The van der Waals surface area contributed by atoms with Crippen molar-refractivity contribution < 1.29 is 4.79 Å². The van der Waals surface area contributed by atoms with Crippen molar-refractivity contribution in [3.8, 4) is 0 Å². The predicted molar refractivity (Wildman–Crippen MR) is 94.9 cm³/mol. The molecule has 1 aromatic heterocycles. The summed E-state index contributed by atoms with van der Waals surface area (Å²) in [7, 11) is 1.84. The van der Waals surface area contributed by atoms with Gasteiger partial charge in [0.05, 0.1) is 0 Å². The van der Waals surface area contributed by atoms with E-state index in [0.29, 0.717) is 19.5 Å². The number of amides is 1. The molecule has 1 aromatic carbocycles. The first-order valence-electron chi connectivity index (χ1n) is 7.69. The van der Waals surface area contributed by atoms with Crippen molar-refractivity contribution in [2.24, 2.45) is 0 Å². The summed E-state index contributed by atoms with van der Waals surface area (Å²) in [5.41, 5.74) is 3.17. The lowest BCUT2D eigenvalue weighted by atomic mass is 10.2. The van der Waals surface area contributed by atoms with E-state index in [9.17, 15) is 4.79 Å². The first-order valence-corrected chi connectivity index (χ1v) is 8.07. The molecule has 0 bridgehead atoms. The van der Waals surface area contributed by atoms with Crippen LogP contribution in [0.2, 0.25) is 5.02 Å². The quantitative estimate of drug-likeness (QED) is 0.844. The highest BCUT2D eigenvalue weighted by atomic mass is 35.5. The molecule has 0 saturated heterocycles. The minimum absolute atomic E-state index is 0.129. The van der Waals surface area contributed by atoms with Gasteiger partial charge in [-0.05, 0) is 48.7 Å². The summed E-state index contributed by atoms with van der Waals surface area (Å²) < 4.78 is 0. The Morgan fingerprint density at radius 3 is 2.70 bits per heavy atom. The normalized spacial score (nSPS) is 10.4. The molecule has 0 saturated carbocycles. The van der Waals surface area contributed by atoms with Gasteiger partial charge in [0, 0.05) is 49.7 Å². The predicted octanol–water partition coefficient (Wildman–Crippen LogP) is 3.55. The minimum atomic E-state index is 0.129. The van der Waals surface area contributed by atoms with E-state index >= 15 is 0 Å². The van der Waals surface area contributed by atoms with Gasteiger partial charge in [-0.15, -0.1) is 0 Å². The monoisotopic (exact) mass is 331 g/mol. The van der Waals surface area contributed by atoms with Gasteiger partial charge in [0.25, 0.3) is 0 Å². The third kappa shape index (κ3) is 5.57. The van der Waals surface area contributed by atoms with Gasteiger partial charge in [-0.1, -0.05) is 17.7 Å². The fraction of sp³-hybridized carbons (Fsp3) is 0.333. The zero-order chi connectivity index (χ0) is 16.7. The maximum atomic E-state index is 12.1. The van der Waals surface area contributed by atoms with Crippen molar-refractivity contribution in [3.05, 3.63) is 58.9 Å². The second kappa shape index (κ2) is 8.53. The molecule has 0 atom stereocenters. The minimum Gasteiger partial charge on any atom is -0.384 e. The van der Waals surface area contributed by atoms with E-state index in [2.05, 4.69) is 10.3 Å². The fourth-order valence-electron chi connectivity index (χ4n) is 2.18. The molecule has 4 nitrogen and oxygen atoms in total. The Bertz CT molecular complexity index is 646. The number of rotatable bonds is 7. The molecular formula is C18H22ClN3O. The van der Waals surface area contributed by atoms with Crippen LogP contribution in [0.15, 0.2) is 42.7 Å². The maximum absolute atomic E-state index is 12.1. The molecule has 0 fully saturated rings. The van der Waals surface area contributed by atoms with Gasteiger partial charge >= 0.3 is 0 Å². The smallest absolute Gasteiger partial charge is 0.224 e. The summed E-state index contributed by atoms with van der Waals surface area (Å²) in [5, 5.41) is 3.96. The summed E-state index contributed by atoms with van der Waals surface area (Å²) in [6.45, 7) is 3.27. The number of halogens is 1. The summed E-state index contributed by atoms with van der Waals surface area (Å²) >= 11 is 6.09.